The van der Waals surface area contributed by atoms with E-state index in [1.54, 1.807) is 0 Å². The largest absolute Gasteiger partial charge is 0.392 e. The number of aliphatic hydroxyl groups is 1. The minimum atomic E-state index is -0.0152. The normalized spacial score (nSPS) is 11.3. The summed E-state index contributed by atoms with van der Waals surface area (Å²) < 4.78 is 1.94. The molecule has 0 atom stereocenters. The van der Waals surface area contributed by atoms with Gasteiger partial charge in [0.1, 0.15) is 5.15 Å². The van der Waals surface area contributed by atoms with E-state index in [1.165, 1.54) is 11.1 Å². The van der Waals surface area contributed by atoms with Crippen molar-refractivity contribution in [2.24, 2.45) is 7.05 Å². The first-order valence-electron chi connectivity index (χ1n) is 4.91. The molecule has 3 heteroatoms. The monoisotopic (exact) mass is 223 g/mol. The van der Waals surface area contributed by atoms with Crippen molar-refractivity contribution in [3.63, 3.8) is 0 Å². The second-order valence-corrected chi connectivity index (χ2v) is 4.25. The molecule has 2 nitrogen and oxygen atoms in total. The predicted molar refractivity (Wildman–Crippen MR) is 63.3 cm³/mol. The van der Waals surface area contributed by atoms with Crippen LogP contribution in [-0.4, -0.2) is 9.67 Å². The first-order valence-corrected chi connectivity index (χ1v) is 5.29. The van der Waals surface area contributed by atoms with Crippen LogP contribution in [0.15, 0.2) is 12.1 Å². The van der Waals surface area contributed by atoms with Crippen LogP contribution in [0.25, 0.3) is 10.9 Å². The molecule has 0 fully saturated rings. The Bertz CT molecular complexity index is 528. The van der Waals surface area contributed by atoms with Gasteiger partial charge in [-0.1, -0.05) is 23.7 Å². The minimum absolute atomic E-state index is 0.0152. The van der Waals surface area contributed by atoms with E-state index in [4.69, 9.17) is 11.6 Å². The Labute approximate surface area is 94.1 Å². The van der Waals surface area contributed by atoms with Crippen LogP contribution < -0.4 is 0 Å². The zero-order valence-electron chi connectivity index (χ0n) is 9.13. The first kappa shape index (κ1) is 10.5. The van der Waals surface area contributed by atoms with Crippen molar-refractivity contribution >= 4 is 22.5 Å². The fourth-order valence-corrected chi connectivity index (χ4v) is 2.28. The van der Waals surface area contributed by atoms with Crippen molar-refractivity contribution in [2.45, 2.75) is 20.5 Å². The van der Waals surface area contributed by atoms with Crippen LogP contribution in [0, 0.1) is 13.8 Å². The SMILES string of the molecule is Cc1ccc2c(CO)c(Cl)n(C)c2c1C. The van der Waals surface area contributed by atoms with Crippen molar-refractivity contribution in [2.75, 3.05) is 0 Å². The fraction of sp³-hybridized carbons (Fsp3) is 0.333. The number of aliphatic hydroxyl groups excluding tert-OH is 1. The molecule has 15 heavy (non-hydrogen) atoms. The zero-order valence-corrected chi connectivity index (χ0v) is 9.89. The highest BCUT2D eigenvalue weighted by Crippen LogP contribution is 2.32. The number of fused-ring (bicyclic) bond motifs is 1. The molecule has 0 aliphatic carbocycles. The van der Waals surface area contributed by atoms with Crippen molar-refractivity contribution < 1.29 is 5.11 Å². The molecule has 2 rings (SSSR count). The van der Waals surface area contributed by atoms with E-state index in [1.807, 2.05) is 17.7 Å². The van der Waals surface area contributed by atoms with Crippen molar-refractivity contribution in [1.82, 2.24) is 4.57 Å². The van der Waals surface area contributed by atoms with Crippen LogP contribution in [0.2, 0.25) is 5.15 Å². The molecule has 0 aliphatic rings. The van der Waals surface area contributed by atoms with E-state index in [0.717, 1.165) is 16.5 Å². The van der Waals surface area contributed by atoms with Gasteiger partial charge >= 0.3 is 0 Å². The lowest BCUT2D eigenvalue weighted by Gasteiger charge is -2.04. The molecule has 0 saturated heterocycles. The highest BCUT2D eigenvalue weighted by molar-refractivity contribution is 6.32. The van der Waals surface area contributed by atoms with E-state index < -0.39 is 0 Å². The van der Waals surface area contributed by atoms with Crippen LogP contribution in [0.4, 0.5) is 0 Å². The molecule has 0 aliphatic heterocycles. The maximum Gasteiger partial charge on any atom is 0.115 e. The van der Waals surface area contributed by atoms with E-state index in [-0.39, 0.29) is 6.61 Å². The van der Waals surface area contributed by atoms with Gasteiger partial charge in [0, 0.05) is 18.0 Å². The Kier molecular flexibility index (Phi) is 2.49. The van der Waals surface area contributed by atoms with E-state index in [0.29, 0.717) is 5.15 Å². The number of hydrogen-bond acceptors (Lipinski definition) is 1. The van der Waals surface area contributed by atoms with Gasteiger partial charge in [-0.15, -0.1) is 0 Å². The lowest BCUT2D eigenvalue weighted by molar-refractivity contribution is 0.283. The molecule has 1 N–H and O–H groups in total. The average Bonchev–Trinajstić information content (AvgIpc) is 2.46. The molecule has 0 saturated carbocycles. The highest BCUT2D eigenvalue weighted by atomic mass is 35.5. The fourth-order valence-electron chi connectivity index (χ4n) is 2.04. The quantitative estimate of drug-likeness (QED) is 0.790. The molecule has 0 radical (unpaired) electrons. The molecule has 0 amide bonds. The molecule has 0 bridgehead atoms. The molecule has 1 aromatic carbocycles. The van der Waals surface area contributed by atoms with Gasteiger partial charge < -0.3 is 9.67 Å². The summed E-state index contributed by atoms with van der Waals surface area (Å²) in [5.41, 5.74) is 4.39. The summed E-state index contributed by atoms with van der Waals surface area (Å²) in [6, 6.07) is 4.09. The van der Waals surface area contributed by atoms with E-state index in [2.05, 4.69) is 19.9 Å². The van der Waals surface area contributed by atoms with Gasteiger partial charge in [-0.3, -0.25) is 0 Å². The Morgan fingerprint density at radius 1 is 1.33 bits per heavy atom. The maximum absolute atomic E-state index is 9.29. The number of aromatic nitrogens is 1. The summed E-state index contributed by atoms with van der Waals surface area (Å²) in [6.07, 6.45) is 0. The average molecular weight is 224 g/mol. The zero-order chi connectivity index (χ0) is 11.2. The standard InChI is InChI=1S/C12H14ClNO/c1-7-4-5-9-10(6-15)12(13)14(3)11(9)8(7)2/h4-5,15H,6H2,1-3H3. The topological polar surface area (TPSA) is 25.2 Å². The Morgan fingerprint density at radius 2 is 2.00 bits per heavy atom. The van der Waals surface area contributed by atoms with Crippen LogP contribution in [0.5, 0.6) is 0 Å². The summed E-state index contributed by atoms with van der Waals surface area (Å²) in [7, 11) is 1.93. The molecule has 80 valence electrons. The van der Waals surface area contributed by atoms with Crippen LogP contribution in [-0.2, 0) is 13.7 Å². The molecule has 1 heterocycles. The van der Waals surface area contributed by atoms with Gasteiger partial charge in [-0.25, -0.2) is 0 Å². The van der Waals surface area contributed by atoms with Crippen LogP contribution in [0.3, 0.4) is 0 Å². The molecule has 0 unspecified atom stereocenters. The number of hydrogen-bond donors (Lipinski definition) is 1. The lowest BCUT2D eigenvalue weighted by atomic mass is 10.1. The number of nitrogens with zero attached hydrogens (tertiary/aromatic N) is 1. The van der Waals surface area contributed by atoms with Crippen molar-refractivity contribution in [3.8, 4) is 0 Å². The molecule has 1 aromatic heterocycles. The summed E-state index contributed by atoms with van der Waals surface area (Å²) in [6.45, 7) is 4.14. The van der Waals surface area contributed by atoms with Crippen LogP contribution in [0.1, 0.15) is 16.7 Å². The minimum Gasteiger partial charge on any atom is -0.392 e. The highest BCUT2D eigenvalue weighted by Gasteiger charge is 2.14. The van der Waals surface area contributed by atoms with Crippen molar-refractivity contribution in [3.05, 3.63) is 34.0 Å². The molecular formula is C12H14ClNO. The second kappa shape index (κ2) is 3.54. The third-order valence-corrected chi connectivity index (χ3v) is 3.55. The summed E-state index contributed by atoms with van der Waals surface area (Å²) in [5, 5.41) is 11.0. The maximum atomic E-state index is 9.29. The second-order valence-electron chi connectivity index (χ2n) is 3.89. The predicted octanol–water partition coefficient (Wildman–Crippen LogP) is 2.94. The first-order chi connectivity index (χ1) is 7.07. The van der Waals surface area contributed by atoms with Gasteiger partial charge in [0.05, 0.1) is 12.1 Å². The number of benzene rings is 1. The molecule has 2 aromatic rings. The van der Waals surface area contributed by atoms with Gasteiger partial charge in [0.2, 0.25) is 0 Å². The number of halogens is 1. The Morgan fingerprint density at radius 3 is 2.60 bits per heavy atom. The smallest absolute Gasteiger partial charge is 0.115 e. The number of aryl methyl sites for hydroxylation is 3. The van der Waals surface area contributed by atoms with Gasteiger partial charge in [0.25, 0.3) is 0 Å². The van der Waals surface area contributed by atoms with E-state index >= 15 is 0 Å². The molecular weight excluding hydrogens is 210 g/mol. The Hall–Kier alpha value is -0.990. The third-order valence-electron chi connectivity index (χ3n) is 3.06. The van der Waals surface area contributed by atoms with Gasteiger partial charge in [-0.2, -0.15) is 0 Å². The summed E-state index contributed by atoms with van der Waals surface area (Å²) in [5.74, 6) is 0. The van der Waals surface area contributed by atoms with Gasteiger partial charge in [0.15, 0.2) is 0 Å². The van der Waals surface area contributed by atoms with Gasteiger partial charge in [-0.05, 0) is 25.0 Å². The summed E-state index contributed by atoms with van der Waals surface area (Å²) >= 11 is 6.16. The van der Waals surface area contributed by atoms with Crippen LogP contribution >= 0.6 is 11.6 Å². The van der Waals surface area contributed by atoms with E-state index in [9.17, 15) is 5.11 Å². The van der Waals surface area contributed by atoms with Crippen molar-refractivity contribution in [1.29, 1.82) is 0 Å². The Balaban J connectivity index is 2.97. The third kappa shape index (κ3) is 1.36. The lowest BCUT2D eigenvalue weighted by Crippen LogP contribution is -1.91. The molecule has 0 spiro atoms. The number of rotatable bonds is 1. The summed E-state index contributed by atoms with van der Waals surface area (Å²) in [4.78, 5) is 0.